The summed E-state index contributed by atoms with van der Waals surface area (Å²) in [5.41, 5.74) is 0.355. The van der Waals surface area contributed by atoms with Gasteiger partial charge in [0.15, 0.2) is 5.13 Å². The summed E-state index contributed by atoms with van der Waals surface area (Å²) in [7, 11) is -1.45. The highest BCUT2D eigenvalue weighted by molar-refractivity contribution is 7.14. The normalized spacial score (nSPS) is 21.8. The summed E-state index contributed by atoms with van der Waals surface area (Å²) < 4.78 is 0. The van der Waals surface area contributed by atoms with Crippen LogP contribution in [-0.4, -0.2) is 35.2 Å². The monoisotopic (exact) mass is 226 g/mol. The summed E-state index contributed by atoms with van der Waals surface area (Å²) in [4.78, 5) is 6.44. The summed E-state index contributed by atoms with van der Waals surface area (Å²) in [5, 5.41) is 20.6. The zero-order chi connectivity index (χ0) is 10.8. The van der Waals surface area contributed by atoms with Crippen LogP contribution >= 0.6 is 11.3 Å². The number of nitrogens with zero attached hydrogens (tertiary/aromatic N) is 2. The average molecular weight is 226 g/mol. The topological polar surface area (TPSA) is 56.6 Å². The van der Waals surface area contributed by atoms with Crippen LogP contribution in [0, 0.1) is 5.92 Å². The molecule has 1 aromatic rings. The fraction of sp³-hybridized carbons (Fsp3) is 0.667. The van der Waals surface area contributed by atoms with E-state index in [2.05, 4.69) is 16.8 Å². The minimum absolute atomic E-state index is 0.355. The Bertz CT molecular complexity index is 332. The lowest BCUT2D eigenvalue weighted by Crippen LogP contribution is -2.36. The Morgan fingerprint density at radius 1 is 1.60 bits per heavy atom. The maximum absolute atomic E-state index is 8.97. The van der Waals surface area contributed by atoms with Gasteiger partial charge in [-0.15, -0.1) is 11.3 Å². The molecule has 0 bridgehead atoms. The second-order valence-electron chi connectivity index (χ2n) is 4.12. The lowest BCUT2D eigenvalue weighted by molar-refractivity contribution is 0.424. The molecule has 0 amide bonds. The molecule has 0 saturated carbocycles. The minimum Gasteiger partial charge on any atom is -0.422 e. The van der Waals surface area contributed by atoms with Crippen molar-refractivity contribution in [1.29, 1.82) is 0 Å². The Balaban J connectivity index is 2.08. The second kappa shape index (κ2) is 4.51. The van der Waals surface area contributed by atoms with E-state index in [1.54, 1.807) is 5.38 Å². The van der Waals surface area contributed by atoms with Crippen molar-refractivity contribution in [3.05, 3.63) is 5.38 Å². The molecule has 2 heterocycles. The molecule has 0 aromatic carbocycles. The Labute approximate surface area is 93.7 Å². The number of hydrogen-bond acceptors (Lipinski definition) is 5. The van der Waals surface area contributed by atoms with E-state index < -0.39 is 7.12 Å². The average Bonchev–Trinajstić information content (AvgIpc) is 2.66. The molecule has 1 fully saturated rings. The Hall–Kier alpha value is -0.585. The number of thiazole rings is 1. The zero-order valence-corrected chi connectivity index (χ0v) is 9.57. The molecule has 1 unspecified atom stereocenters. The van der Waals surface area contributed by atoms with Crippen molar-refractivity contribution < 1.29 is 10.0 Å². The van der Waals surface area contributed by atoms with Crippen molar-refractivity contribution in [1.82, 2.24) is 4.98 Å². The number of piperidine rings is 1. The fourth-order valence-electron chi connectivity index (χ4n) is 1.90. The lowest BCUT2D eigenvalue weighted by Gasteiger charge is -2.30. The molecule has 1 saturated heterocycles. The van der Waals surface area contributed by atoms with Crippen LogP contribution < -0.4 is 10.5 Å². The quantitative estimate of drug-likeness (QED) is 0.700. The van der Waals surface area contributed by atoms with Crippen LogP contribution in [0.5, 0.6) is 0 Å². The van der Waals surface area contributed by atoms with E-state index in [0.29, 0.717) is 11.5 Å². The summed E-state index contributed by atoms with van der Waals surface area (Å²) in [6, 6.07) is 0. The summed E-state index contributed by atoms with van der Waals surface area (Å²) in [6.07, 6.45) is 2.47. The number of anilines is 1. The predicted octanol–water partition coefficient (Wildman–Crippen LogP) is 0.0592. The lowest BCUT2D eigenvalue weighted by atomic mass is 9.88. The van der Waals surface area contributed by atoms with Crippen LogP contribution in [0.4, 0.5) is 5.13 Å². The molecule has 0 radical (unpaired) electrons. The van der Waals surface area contributed by atoms with Gasteiger partial charge >= 0.3 is 7.12 Å². The maximum Gasteiger partial charge on any atom is 0.509 e. The van der Waals surface area contributed by atoms with E-state index in [1.165, 1.54) is 24.2 Å². The molecule has 1 aromatic heterocycles. The van der Waals surface area contributed by atoms with Crippen LogP contribution in [-0.2, 0) is 0 Å². The van der Waals surface area contributed by atoms with E-state index in [9.17, 15) is 0 Å². The van der Waals surface area contributed by atoms with E-state index in [0.717, 1.165) is 18.2 Å². The van der Waals surface area contributed by atoms with Crippen molar-refractivity contribution in [3.8, 4) is 0 Å². The molecular weight excluding hydrogens is 211 g/mol. The molecule has 15 heavy (non-hydrogen) atoms. The number of rotatable bonds is 2. The van der Waals surface area contributed by atoms with Gasteiger partial charge in [-0.2, -0.15) is 0 Å². The van der Waals surface area contributed by atoms with Gasteiger partial charge in [0.05, 0.1) is 5.59 Å². The smallest absolute Gasteiger partial charge is 0.422 e. The van der Waals surface area contributed by atoms with Crippen molar-refractivity contribution >= 4 is 29.2 Å². The largest absolute Gasteiger partial charge is 0.509 e. The first-order chi connectivity index (χ1) is 7.16. The number of aromatic nitrogens is 1. The zero-order valence-electron chi connectivity index (χ0n) is 8.76. The fourth-order valence-corrected chi connectivity index (χ4v) is 2.78. The highest BCUT2D eigenvalue weighted by Gasteiger charge is 2.21. The van der Waals surface area contributed by atoms with Gasteiger partial charge in [0.2, 0.25) is 0 Å². The Kier molecular flexibility index (Phi) is 3.28. The highest BCUT2D eigenvalue weighted by atomic mass is 32.1. The third-order valence-corrected chi connectivity index (χ3v) is 3.62. The third-order valence-electron chi connectivity index (χ3n) is 2.70. The van der Waals surface area contributed by atoms with Gasteiger partial charge in [0.1, 0.15) is 0 Å². The molecule has 1 aliphatic heterocycles. The summed E-state index contributed by atoms with van der Waals surface area (Å²) in [6.45, 7) is 4.29. The molecule has 0 aliphatic carbocycles. The van der Waals surface area contributed by atoms with E-state index in [4.69, 9.17) is 10.0 Å². The van der Waals surface area contributed by atoms with Gasteiger partial charge in [-0.05, 0) is 18.8 Å². The molecule has 1 atom stereocenters. The molecular formula is C9H15BN2O2S. The van der Waals surface area contributed by atoms with E-state index in [1.807, 2.05) is 0 Å². The van der Waals surface area contributed by atoms with Crippen LogP contribution in [0.3, 0.4) is 0 Å². The SMILES string of the molecule is CC1CCCN(c2nc(B(O)O)cs2)C1. The third kappa shape index (κ3) is 2.51. The van der Waals surface area contributed by atoms with Gasteiger partial charge in [0.25, 0.3) is 0 Å². The van der Waals surface area contributed by atoms with Crippen LogP contribution in [0.15, 0.2) is 5.38 Å². The molecule has 6 heteroatoms. The van der Waals surface area contributed by atoms with Crippen molar-refractivity contribution in [2.75, 3.05) is 18.0 Å². The van der Waals surface area contributed by atoms with E-state index in [-0.39, 0.29) is 0 Å². The Morgan fingerprint density at radius 3 is 3.00 bits per heavy atom. The van der Waals surface area contributed by atoms with Crippen molar-refractivity contribution in [2.45, 2.75) is 19.8 Å². The first-order valence-corrected chi connectivity index (χ1v) is 6.11. The van der Waals surface area contributed by atoms with Gasteiger partial charge < -0.3 is 14.9 Å². The van der Waals surface area contributed by atoms with Crippen LogP contribution in [0.25, 0.3) is 0 Å². The molecule has 2 N–H and O–H groups in total. The summed E-state index contributed by atoms with van der Waals surface area (Å²) >= 11 is 1.48. The number of hydrogen-bond donors (Lipinski definition) is 2. The standard InChI is InChI=1S/C9H15BN2O2S/c1-7-3-2-4-12(5-7)9-11-8(6-15-9)10(13)14/h6-7,13-14H,2-5H2,1H3. The highest BCUT2D eigenvalue weighted by Crippen LogP contribution is 2.23. The van der Waals surface area contributed by atoms with Gasteiger partial charge in [-0.1, -0.05) is 6.92 Å². The molecule has 82 valence electrons. The first-order valence-electron chi connectivity index (χ1n) is 5.23. The predicted molar refractivity (Wildman–Crippen MR) is 62.6 cm³/mol. The molecule has 4 nitrogen and oxygen atoms in total. The van der Waals surface area contributed by atoms with Crippen LogP contribution in [0.2, 0.25) is 0 Å². The molecule has 0 spiro atoms. The van der Waals surface area contributed by atoms with Crippen molar-refractivity contribution in [3.63, 3.8) is 0 Å². The first kappa shape index (κ1) is 10.9. The molecule has 2 rings (SSSR count). The summed E-state index contributed by atoms with van der Waals surface area (Å²) in [5.74, 6) is 0.699. The van der Waals surface area contributed by atoms with Crippen LogP contribution in [0.1, 0.15) is 19.8 Å². The van der Waals surface area contributed by atoms with E-state index >= 15 is 0 Å². The van der Waals surface area contributed by atoms with Gasteiger partial charge in [-0.3, -0.25) is 0 Å². The van der Waals surface area contributed by atoms with Gasteiger partial charge in [-0.25, -0.2) is 4.98 Å². The van der Waals surface area contributed by atoms with Crippen molar-refractivity contribution in [2.24, 2.45) is 5.92 Å². The Morgan fingerprint density at radius 2 is 2.40 bits per heavy atom. The second-order valence-corrected chi connectivity index (χ2v) is 4.96. The van der Waals surface area contributed by atoms with Gasteiger partial charge in [0, 0.05) is 18.5 Å². The minimum atomic E-state index is -1.45. The molecule has 1 aliphatic rings. The maximum atomic E-state index is 8.97.